The lowest BCUT2D eigenvalue weighted by molar-refractivity contribution is -0.211. The number of nitrogens with zero attached hydrogens (tertiary/aromatic N) is 2. The van der Waals surface area contributed by atoms with Crippen molar-refractivity contribution in [2.75, 3.05) is 14.2 Å². The van der Waals surface area contributed by atoms with Crippen LogP contribution in [0.15, 0.2) is 24.4 Å². The van der Waals surface area contributed by atoms with Gasteiger partial charge in [-0.3, -0.25) is 0 Å². The zero-order valence-electron chi connectivity index (χ0n) is 23.9. The van der Waals surface area contributed by atoms with E-state index in [9.17, 15) is 10.2 Å². The average molecular weight is 535 g/mol. The Balaban J connectivity index is 1.13. The van der Waals surface area contributed by atoms with E-state index in [1.54, 1.807) is 7.11 Å². The number of fused-ring (bicyclic) bond motifs is 5. The van der Waals surface area contributed by atoms with Crippen LogP contribution in [0.5, 0.6) is 5.75 Å². The van der Waals surface area contributed by atoms with E-state index in [0.29, 0.717) is 35.5 Å². The summed E-state index contributed by atoms with van der Waals surface area (Å²) in [4.78, 5) is 9.62. The van der Waals surface area contributed by atoms with E-state index in [4.69, 9.17) is 19.4 Å². The van der Waals surface area contributed by atoms with Gasteiger partial charge in [0.2, 0.25) is 0 Å². The van der Waals surface area contributed by atoms with Crippen LogP contribution in [0.25, 0.3) is 10.9 Å². The first kappa shape index (κ1) is 26.2. The maximum absolute atomic E-state index is 11.7. The molecule has 5 aliphatic rings. The van der Waals surface area contributed by atoms with Crippen molar-refractivity contribution in [3.05, 3.63) is 30.2 Å². The Bertz CT molecular complexity index is 1220. The lowest BCUT2D eigenvalue weighted by Crippen LogP contribution is -2.62. The van der Waals surface area contributed by atoms with E-state index in [-0.39, 0.29) is 29.1 Å². The van der Waals surface area contributed by atoms with Gasteiger partial charge < -0.3 is 19.7 Å². The van der Waals surface area contributed by atoms with E-state index in [2.05, 4.69) is 6.92 Å². The molecule has 1 unspecified atom stereocenters. The van der Waals surface area contributed by atoms with Crippen LogP contribution in [0.3, 0.4) is 0 Å². The smallest absolute Gasteiger partial charge is 0.145 e. The maximum Gasteiger partial charge on any atom is 0.145 e. The highest BCUT2D eigenvalue weighted by molar-refractivity contribution is 5.83. The Morgan fingerprint density at radius 1 is 0.974 bits per heavy atom. The topological polar surface area (TPSA) is 84.7 Å². The van der Waals surface area contributed by atoms with Crippen LogP contribution < -0.4 is 4.74 Å². The summed E-state index contributed by atoms with van der Waals surface area (Å²) in [5.41, 5.74) is 1.32. The number of aromatic nitrogens is 2. The summed E-state index contributed by atoms with van der Waals surface area (Å²) in [6.07, 6.45) is 13.6. The van der Waals surface area contributed by atoms with Crippen molar-refractivity contribution in [2.24, 2.45) is 46.3 Å². The molecule has 0 amide bonds. The van der Waals surface area contributed by atoms with Gasteiger partial charge in [-0.15, -0.1) is 0 Å². The molecule has 0 aliphatic heterocycles. The fraction of sp³-hybridized carbons (Fsp3) is 0.758. The van der Waals surface area contributed by atoms with Gasteiger partial charge in [0, 0.05) is 30.5 Å². The average Bonchev–Trinajstić information content (AvgIpc) is 3.50. The minimum absolute atomic E-state index is 0.195. The normalized spacial score (nSPS) is 44.9. The fourth-order valence-electron chi connectivity index (χ4n) is 11.2. The molecule has 0 bridgehead atoms. The highest BCUT2D eigenvalue weighted by atomic mass is 16.5. The van der Waals surface area contributed by atoms with Crippen LogP contribution in [0.1, 0.15) is 77.0 Å². The van der Waals surface area contributed by atoms with E-state index >= 15 is 0 Å². The van der Waals surface area contributed by atoms with Gasteiger partial charge in [-0.05, 0) is 111 Å². The second-order valence-electron chi connectivity index (χ2n) is 14.0. The maximum atomic E-state index is 11.7. The number of benzene rings is 1. The van der Waals surface area contributed by atoms with Gasteiger partial charge in [0.15, 0.2) is 0 Å². The number of aliphatic hydroxyl groups is 2. The molecule has 1 aromatic carbocycles. The van der Waals surface area contributed by atoms with Crippen LogP contribution in [0, 0.1) is 46.3 Å². The van der Waals surface area contributed by atoms with Crippen molar-refractivity contribution >= 4 is 10.9 Å². The molecule has 6 nitrogen and oxygen atoms in total. The molecule has 6 heteroatoms. The van der Waals surface area contributed by atoms with Gasteiger partial charge in [0.1, 0.15) is 17.1 Å². The van der Waals surface area contributed by atoms with Crippen LogP contribution in [-0.4, -0.2) is 52.7 Å². The molecule has 212 valence electrons. The zero-order valence-corrected chi connectivity index (χ0v) is 23.9. The Kier molecular flexibility index (Phi) is 6.48. The molecule has 0 saturated heterocycles. The molecule has 5 fully saturated rings. The highest BCUT2D eigenvalue weighted by Gasteiger charge is 2.69. The number of hydrogen-bond donors (Lipinski definition) is 2. The molecule has 5 saturated carbocycles. The van der Waals surface area contributed by atoms with Gasteiger partial charge in [-0.25, -0.2) is 9.97 Å². The van der Waals surface area contributed by atoms with Gasteiger partial charge >= 0.3 is 0 Å². The van der Waals surface area contributed by atoms with E-state index in [1.165, 1.54) is 25.7 Å². The molecule has 5 aliphatic carbocycles. The second-order valence-corrected chi connectivity index (χ2v) is 14.0. The molecule has 2 N–H and O–H groups in total. The van der Waals surface area contributed by atoms with Gasteiger partial charge in [-0.1, -0.05) is 19.1 Å². The predicted octanol–water partition coefficient (Wildman–Crippen LogP) is 5.58. The summed E-state index contributed by atoms with van der Waals surface area (Å²) >= 11 is 0. The van der Waals surface area contributed by atoms with Crippen molar-refractivity contribution in [3.8, 4) is 5.75 Å². The molecule has 1 aromatic heterocycles. The standard InChI is InChI=1S/C33H46N2O4/c1-32-13-12-22(36)15-21(32)16-26(37)30-24-9-8-23-19(11-14-33(23,24)28(39-3)17-25(30)32)7-10-29-34-18-20-5-4-6-27(38-2)31(20)35-29/h4-6,18-19,21-26,28,30,36-37H,7-17H2,1-3H3/t19-,21-,22+,23+,24-,25?,26+,28-,30-,32-,33+/m0/s1. The second kappa shape index (κ2) is 9.66. The highest BCUT2D eigenvalue weighted by Crippen LogP contribution is 2.72. The molecular weight excluding hydrogens is 488 g/mol. The van der Waals surface area contributed by atoms with Crippen LogP contribution in [-0.2, 0) is 11.2 Å². The van der Waals surface area contributed by atoms with E-state index in [0.717, 1.165) is 67.4 Å². The summed E-state index contributed by atoms with van der Waals surface area (Å²) in [6, 6.07) is 6.00. The van der Waals surface area contributed by atoms with Gasteiger partial charge in [-0.2, -0.15) is 0 Å². The number of ether oxygens (including phenoxy) is 2. The minimum atomic E-state index is -0.239. The molecular formula is C33H46N2O4. The van der Waals surface area contributed by atoms with Crippen molar-refractivity contribution in [3.63, 3.8) is 0 Å². The van der Waals surface area contributed by atoms with Crippen LogP contribution in [0.4, 0.5) is 0 Å². The number of rotatable bonds is 5. The Morgan fingerprint density at radius 2 is 1.82 bits per heavy atom. The van der Waals surface area contributed by atoms with Crippen molar-refractivity contribution in [1.29, 1.82) is 0 Å². The van der Waals surface area contributed by atoms with Gasteiger partial charge in [0.25, 0.3) is 0 Å². The lowest BCUT2D eigenvalue weighted by Gasteiger charge is -2.64. The van der Waals surface area contributed by atoms with Crippen molar-refractivity contribution in [1.82, 2.24) is 9.97 Å². The third-order valence-electron chi connectivity index (χ3n) is 12.9. The molecule has 39 heavy (non-hydrogen) atoms. The quantitative estimate of drug-likeness (QED) is 0.521. The van der Waals surface area contributed by atoms with Crippen molar-refractivity contribution in [2.45, 2.75) is 95.9 Å². The number of aliphatic hydroxyl groups excluding tert-OH is 2. The molecule has 2 aromatic rings. The number of hydrogen-bond acceptors (Lipinski definition) is 6. The number of methoxy groups -OCH3 is 2. The molecule has 7 rings (SSSR count). The Labute approximate surface area is 232 Å². The molecule has 1 spiro atoms. The Morgan fingerprint density at radius 3 is 2.64 bits per heavy atom. The first-order chi connectivity index (χ1) is 18.9. The lowest BCUT2D eigenvalue weighted by atomic mass is 9.43. The zero-order chi connectivity index (χ0) is 26.9. The van der Waals surface area contributed by atoms with E-state index in [1.807, 2.05) is 31.5 Å². The van der Waals surface area contributed by atoms with Crippen LogP contribution >= 0.6 is 0 Å². The monoisotopic (exact) mass is 534 g/mol. The summed E-state index contributed by atoms with van der Waals surface area (Å²) in [5, 5.41) is 23.1. The first-order valence-electron chi connectivity index (χ1n) is 15.6. The Hall–Kier alpha value is -1.76. The summed E-state index contributed by atoms with van der Waals surface area (Å²) in [6.45, 7) is 2.49. The van der Waals surface area contributed by atoms with E-state index < -0.39 is 0 Å². The number of para-hydroxylation sites is 1. The fourth-order valence-corrected chi connectivity index (χ4v) is 11.2. The largest absolute Gasteiger partial charge is 0.494 e. The third kappa shape index (κ3) is 3.84. The molecule has 0 radical (unpaired) electrons. The van der Waals surface area contributed by atoms with Gasteiger partial charge in [0.05, 0.1) is 25.4 Å². The summed E-state index contributed by atoms with van der Waals surface area (Å²) in [7, 11) is 3.65. The third-order valence-corrected chi connectivity index (χ3v) is 12.9. The predicted molar refractivity (Wildman–Crippen MR) is 150 cm³/mol. The first-order valence-corrected chi connectivity index (χ1v) is 15.6. The number of aryl methyl sites for hydroxylation is 1. The molecule has 1 heterocycles. The molecule has 11 atom stereocenters. The minimum Gasteiger partial charge on any atom is -0.494 e. The SMILES string of the molecule is COc1cccc2cnc(CC[C@H]3CC[C@]45[C@@H](OC)CC6[C@@H]([C@H](O)C[C@@H]7C[C@H](O)CC[C@]67C)[C@@H]4CC[C@H]35)nc12. The summed E-state index contributed by atoms with van der Waals surface area (Å²) in [5.74, 6) is 4.91. The summed E-state index contributed by atoms with van der Waals surface area (Å²) < 4.78 is 12.0. The van der Waals surface area contributed by atoms with Crippen molar-refractivity contribution < 1.29 is 19.7 Å². The van der Waals surface area contributed by atoms with Crippen LogP contribution in [0.2, 0.25) is 0 Å².